The van der Waals surface area contributed by atoms with Gasteiger partial charge in [-0.15, -0.1) is 0 Å². The first-order valence-corrected chi connectivity index (χ1v) is 11.2. The minimum Gasteiger partial charge on any atom is -0.322 e. The molecule has 5 nitrogen and oxygen atoms in total. The summed E-state index contributed by atoms with van der Waals surface area (Å²) in [4.78, 5) is 12.6. The fraction of sp³-hybridized carbons (Fsp3) is 0.174. The van der Waals surface area contributed by atoms with E-state index < -0.39 is 15.8 Å². The van der Waals surface area contributed by atoms with Crippen molar-refractivity contribution in [1.82, 2.24) is 0 Å². The van der Waals surface area contributed by atoms with E-state index >= 15 is 0 Å². The van der Waals surface area contributed by atoms with E-state index in [-0.39, 0.29) is 18.0 Å². The number of sulfonamides is 1. The molecule has 0 bridgehead atoms. The van der Waals surface area contributed by atoms with E-state index in [0.717, 1.165) is 21.7 Å². The number of anilines is 2. The molecule has 1 amide bonds. The first-order valence-electron chi connectivity index (χ1n) is 9.35. The summed E-state index contributed by atoms with van der Waals surface area (Å²) in [6.45, 7) is 3.75. The van der Waals surface area contributed by atoms with Crippen LogP contribution < -0.4 is 9.62 Å². The second kappa shape index (κ2) is 8.67. The molecule has 0 aromatic heterocycles. The maximum absolute atomic E-state index is 14.0. The van der Waals surface area contributed by atoms with E-state index in [2.05, 4.69) is 5.32 Å². The Hall–Kier alpha value is -3.19. The molecule has 0 heterocycles. The largest absolute Gasteiger partial charge is 0.322 e. The lowest BCUT2D eigenvalue weighted by Crippen LogP contribution is -2.29. The lowest BCUT2D eigenvalue weighted by atomic mass is 10.1. The van der Waals surface area contributed by atoms with E-state index in [1.54, 1.807) is 42.5 Å². The average molecular weight is 427 g/mol. The van der Waals surface area contributed by atoms with Crippen molar-refractivity contribution in [3.63, 3.8) is 0 Å². The fourth-order valence-corrected chi connectivity index (χ4v) is 3.99. The third-order valence-electron chi connectivity index (χ3n) is 4.72. The number of hydrogen-bond donors (Lipinski definition) is 1. The van der Waals surface area contributed by atoms with Gasteiger partial charge in [-0.05, 0) is 55.8 Å². The second-order valence-corrected chi connectivity index (χ2v) is 9.09. The molecular formula is C23H23FN2O3S. The van der Waals surface area contributed by atoms with Crippen molar-refractivity contribution in [2.24, 2.45) is 0 Å². The number of halogens is 1. The van der Waals surface area contributed by atoms with Gasteiger partial charge in [0.2, 0.25) is 10.0 Å². The summed E-state index contributed by atoms with van der Waals surface area (Å²) >= 11 is 0. The fourth-order valence-electron chi connectivity index (χ4n) is 3.11. The van der Waals surface area contributed by atoms with Gasteiger partial charge in [0, 0.05) is 16.8 Å². The molecule has 3 rings (SSSR count). The standard InChI is InChI=1S/C23H23FN2O3S/c1-16-8-13-22(17(2)14-16)25-23(27)18-9-11-20(12-10-18)26(30(3,28)29)15-19-6-4-5-7-21(19)24/h4-14H,15H2,1-3H3,(H,25,27). The smallest absolute Gasteiger partial charge is 0.255 e. The van der Waals surface area contributed by atoms with E-state index in [1.165, 1.54) is 6.07 Å². The first kappa shape index (κ1) is 21.5. The van der Waals surface area contributed by atoms with Crippen LogP contribution in [0.5, 0.6) is 0 Å². The zero-order valence-corrected chi connectivity index (χ0v) is 17.8. The number of nitrogens with one attached hydrogen (secondary N) is 1. The number of benzene rings is 3. The number of nitrogens with zero attached hydrogens (tertiary/aromatic N) is 1. The van der Waals surface area contributed by atoms with E-state index in [9.17, 15) is 17.6 Å². The number of amides is 1. The molecule has 3 aromatic rings. The monoisotopic (exact) mass is 426 g/mol. The molecule has 156 valence electrons. The van der Waals surface area contributed by atoms with Gasteiger partial charge in [-0.2, -0.15) is 0 Å². The number of carbonyl (C=O) groups is 1. The molecule has 0 fully saturated rings. The van der Waals surface area contributed by atoms with E-state index in [0.29, 0.717) is 16.9 Å². The van der Waals surface area contributed by atoms with Gasteiger partial charge in [-0.25, -0.2) is 12.8 Å². The van der Waals surface area contributed by atoms with Crippen molar-refractivity contribution in [3.8, 4) is 0 Å². The summed E-state index contributed by atoms with van der Waals surface area (Å²) in [5.41, 5.74) is 3.77. The van der Waals surface area contributed by atoms with Crippen molar-refractivity contribution in [2.75, 3.05) is 15.9 Å². The number of carbonyl (C=O) groups excluding carboxylic acids is 1. The lowest BCUT2D eigenvalue weighted by Gasteiger charge is -2.23. The molecule has 0 unspecified atom stereocenters. The van der Waals surface area contributed by atoms with Crippen LogP contribution in [0.1, 0.15) is 27.0 Å². The summed E-state index contributed by atoms with van der Waals surface area (Å²) < 4.78 is 39.7. The van der Waals surface area contributed by atoms with E-state index in [4.69, 9.17) is 0 Å². The average Bonchev–Trinajstić information content (AvgIpc) is 2.68. The third-order valence-corrected chi connectivity index (χ3v) is 5.86. The highest BCUT2D eigenvalue weighted by Gasteiger charge is 2.20. The summed E-state index contributed by atoms with van der Waals surface area (Å²) in [7, 11) is -3.66. The molecule has 1 N–H and O–H groups in total. The summed E-state index contributed by atoms with van der Waals surface area (Å²) in [6.07, 6.45) is 1.06. The van der Waals surface area contributed by atoms with Gasteiger partial charge in [-0.1, -0.05) is 35.9 Å². The van der Waals surface area contributed by atoms with Crippen LogP contribution in [0.4, 0.5) is 15.8 Å². The predicted octanol–water partition coefficient (Wildman–Crippen LogP) is 4.66. The van der Waals surface area contributed by atoms with Gasteiger partial charge in [0.1, 0.15) is 5.82 Å². The molecule has 0 aliphatic heterocycles. The molecule has 0 spiro atoms. The second-order valence-electron chi connectivity index (χ2n) is 7.18. The molecule has 0 saturated carbocycles. The lowest BCUT2D eigenvalue weighted by molar-refractivity contribution is 0.102. The maximum atomic E-state index is 14.0. The number of aryl methyl sites for hydroxylation is 2. The predicted molar refractivity (Wildman–Crippen MR) is 118 cm³/mol. The number of hydrogen-bond acceptors (Lipinski definition) is 3. The third kappa shape index (κ3) is 5.04. The van der Waals surface area contributed by atoms with Gasteiger partial charge >= 0.3 is 0 Å². The molecule has 0 atom stereocenters. The van der Waals surface area contributed by atoms with Crippen LogP contribution in [0.25, 0.3) is 0 Å². The topological polar surface area (TPSA) is 66.5 Å². The molecule has 0 aliphatic carbocycles. The highest BCUT2D eigenvalue weighted by atomic mass is 32.2. The van der Waals surface area contributed by atoms with Crippen LogP contribution >= 0.6 is 0 Å². The summed E-state index contributed by atoms with van der Waals surface area (Å²) in [6, 6.07) is 17.9. The van der Waals surface area contributed by atoms with Crippen molar-refractivity contribution in [3.05, 3.63) is 94.8 Å². The molecule has 30 heavy (non-hydrogen) atoms. The van der Waals surface area contributed by atoms with Crippen LogP contribution in [0.2, 0.25) is 0 Å². The van der Waals surface area contributed by atoms with Crippen LogP contribution in [0, 0.1) is 19.7 Å². The van der Waals surface area contributed by atoms with Crippen molar-refractivity contribution < 1.29 is 17.6 Å². The van der Waals surface area contributed by atoms with Crippen LogP contribution in [-0.2, 0) is 16.6 Å². The van der Waals surface area contributed by atoms with Crippen molar-refractivity contribution in [2.45, 2.75) is 20.4 Å². The van der Waals surface area contributed by atoms with Crippen LogP contribution in [-0.4, -0.2) is 20.6 Å². The Morgan fingerprint density at radius 2 is 1.67 bits per heavy atom. The number of rotatable bonds is 6. The van der Waals surface area contributed by atoms with Gasteiger partial charge < -0.3 is 5.32 Å². The Labute approximate surface area is 176 Å². The van der Waals surface area contributed by atoms with Crippen molar-refractivity contribution in [1.29, 1.82) is 0 Å². The normalized spacial score (nSPS) is 11.2. The molecular weight excluding hydrogens is 403 g/mol. The SMILES string of the molecule is Cc1ccc(NC(=O)c2ccc(N(Cc3ccccc3F)S(C)(=O)=O)cc2)c(C)c1. The Kier molecular flexibility index (Phi) is 6.22. The molecule has 3 aromatic carbocycles. The van der Waals surface area contributed by atoms with Gasteiger partial charge in [0.15, 0.2) is 0 Å². The quantitative estimate of drug-likeness (QED) is 0.623. The maximum Gasteiger partial charge on any atom is 0.255 e. The summed E-state index contributed by atoms with van der Waals surface area (Å²) in [5, 5.41) is 2.86. The van der Waals surface area contributed by atoms with Gasteiger partial charge in [0.05, 0.1) is 18.5 Å². The summed E-state index contributed by atoms with van der Waals surface area (Å²) in [5.74, 6) is -0.774. The van der Waals surface area contributed by atoms with E-state index in [1.807, 2.05) is 32.0 Å². The Morgan fingerprint density at radius 3 is 2.27 bits per heavy atom. The zero-order valence-electron chi connectivity index (χ0n) is 17.0. The zero-order chi connectivity index (χ0) is 21.9. The van der Waals surface area contributed by atoms with Gasteiger partial charge in [0.25, 0.3) is 5.91 Å². The Balaban J connectivity index is 1.83. The Bertz CT molecular complexity index is 1180. The molecule has 0 radical (unpaired) electrons. The minimum atomic E-state index is -3.66. The Morgan fingerprint density at radius 1 is 1.00 bits per heavy atom. The van der Waals surface area contributed by atoms with Crippen LogP contribution in [0.3, 0.4) is 0 Å². The highest BCUT2D eigenvalue weighted by Crippen LogP contribution is 2.23. The first-order chi connectivity index (χ1) is 14.1. The molecule has 0 saturated heterocycles. The highest BCUT2D eigenvalue weighted by molar-refractivity contribution is 7.92. The minimum absolute atomic E-state index is 0.139. The van der Waals surface area contributed by atoms with Crippen molar-refractivity contribution >= 4 is 27.3 Å². The molecule has 7 heteroatoms. The van der Waals surface area contributed by atoms with Gasteiger partial charge in [-0.3, -0.25) is 9.10 Å². The molecule has 0 aliphatic rings. The van der Waals surface area contributed by atoms with Crippen LogP contribution in [0.15, 0.2) is 66.7 Å².